The smallest absolute Gasteiger partial charge is 0.226 e. The van der Waals surface area contributed by atoms with Crippen molar-refractivity contribution in [3.05, 3.63) is 11.7 Å². The fourth-order valence-electron chi connectivity index (χ4n) is 0.777. The first-order chi connectivity index (χ1) is 5.22. The van der Waals surface area contributed by atoms with Gasteiger partial charge in [-0.2, -0.15) is 4.98 Å². The van der Waals surface area contributed by atoms with Crippen molar-refractivity contribution in [2.45, 2.75) is 25.6 Å². The van der Waals surface area contributed by atoms with Gasteiger partial charge >= 0.3 is 0 Å². The Bertz CT molecular complexity index is 222. The Morgan fingerprint density at radius 3 is 2.73 bits per heavy atom. The van der Waals surface area contributed by atoms with Crippen molar-refractivity contribution in [3.63, 3.8) is 0 Å². The van der Waals surface area contributed by atoms with Gasteiger partial charge in [0.25, 0.3) is 0 Å². The van der Waals surface area contributed by atoms with Crippen LogP contribution in [0.15, 0.2) is 4.52 Å². The minimum absolute atomic E-state index is 0.568. The average molecular weight is 219 g/mol. The number of halogens is 1. The normalized spacial score (nSPS) is 10.9. The van der Waals surface area contributed by atoms with E-state index in [1.54, 1.807) is 0 Å². The van der Waals surface area contributed by atoms with Crippen LogP contribution in [-0.2, 0) is 11.8 Å². The Kier molecular flexibility index (Phi) is 3.05. The van der Waals surface area contributed by atoms with E-state index in [9.17, 15) is 0 Å². The highest BCUT2D eigenvalue weighted by molar-refractivity contribution is 9.08. The standard InChI is InChI=1S/C7H11BrN2O/c1-5(2)3-7-9-6(4-8)10-11-7/h5H,3-4H2,1-2H3. The van der Waals surface area contributed by atoms with E-state index in [-0.39, 0.29) is 0 Å². The maximum absolute atomic E-state index is 4.98. The van der Waals surface area contributed by atoms with E-state index in [4.69, 9.17) is 4.52 Å². The summed E-state index contributed by atoms with van der Waals surface area (Å²) >= 11 is 3.25. The van der Waals surface area contributed by atoms with Crippen LogP contribution in [0.1, 0.15) is 25.6 Å². The summed E-state index contributed by atoms with van der Waals surface area (Å²) < 4.78 is 4.98. The zero-order valence-corrected chi connectivity index (χ0v) is 8.26. The van der Waals surface area contributed by atoms with E-state index in [0.29, 0.717) is 11.2 Å². The molecule has 0 aromatic carbocycles. The van der Waals surface area contributed by atoms with Gasteiger partial charge in [-0.3, -0.25) is 0 Å². The molecular weight excluding hydrogens is 208 g/mol. The Morgan fingerprint density at radius 1 is 1.55 bits per heavy atom. The number of hydrogen-bond acceptors (Lipinski definition) is 3. The molecule has 1 aromatic heterocycles. The highest BCUT2D eigenvalue weighted by Gasteiger charge is 2.05. The zero-order valence-electron chi connectivity index (χ0n) is 6.67. The summed E-state index contributed by atoms with van der Waals surface area (Å²) in [7, 11) is 0. The van der Waals surface area contributed by atoms with Gasteiger partial charge in [-0.05, 0) is 5.92 Å². The van der Waals surface area contributed by atoms with Crippen molar-refractivity contribution in [3.8, 4) is 0 Å². The van der Waals surface area contributed by atoms with Crippen molar-refractivity contribution in [1.29, 1.82) is 0 Å². The fourth-order valence-corrected chi connectivity index (χ4v) is 1.00. The first-order valence-electron chi connectivity index (χ1n) is 3.59. The number of nitrogens with zero attached hydrogens (tertiary/aromatic N) is 2. The predicted molar refractivity (Wildman–Crippen MR) is 45.5 cm³/mol. The molecule has 0 amide bonds. The van der Waals surface area contributed by atoms with Crippen LogP contribution < -0.4 is 0 Å². The molecule has 1 aromatic rings. The molecule has 0 aliphatic heterocycles. The molecule has 0 spiro atoms. The first kappa shape index (κ1) is 8.71. The van der Waals surface area contributed by atoms with Gasteiger partial charge in [0.1, 0.15) is 0 Å². The number of alkyl halides is 1. The lowest BCUT2D eigenvalue weighted by atomic mass is 10.1. The summed E-state index contributed by atoms with van der Waals surface area (Å²) in [4.78, 5) is 4.14. The van der Waals surface area contributed by atoms with Crippen LogP contribution in [0.25, 0.3) is 0 Å². The lowest BCUT2D eigenvalue weighted by Gasteiger charge is -1.95. The Labute approximate surface area is 74.3 Å². The number of hydrogen-bond donors (Lipinski definition) is 0. The van der Waals surface area contributed by atoms with Gasteiger partial charge in [0.2, 0.25) is 5.89 Å². The summed E-state index contributed by atoms with van der Waals surface area (Å²) in [6.07, 6.45) is 0.861. The van der Waals surface area contributed by atoms with Crippen LogP contribution in [0, 0.1) is 5.92 Å². The largest absolute Gasteiger partial charge is 0.339 e. The quantitative estimate of drug-likeness (QED) is 0.731. The third-order valence-corrected chi connectivity index (χ3v) is 1.71. The van der Waals surface area contributed by atoms with Gasteiger partial charge in [-0.1, -0.05) is 34.9 Å². The summed E-state index contributed by atoms with van der Waals surface area (Å²) in [6, 6.07) is 0. The van der Waals surface area contributed by atoms with E-state index >= 15 is 0 Å². The molecule has 0 saturated carbocycles. The molecule has 0 bridgehead atoms. The Hall–Kier alpha value is -0.380. The average Bonchev–Trinajstić information content (AvgIpc) is 2.34. The van der Waals surface area contributed by atoms with Crippen molar-refractivity contribution >= 4 is 15.9 Å². The van der Waals surface area contributed by atoms with E-state index < -0.39 is 0 Å². The molecule has 0 aliphatic rings. The summed E-state index contributed by atoms with van der Waals surface area (Å²) in [6.45, 7) is 4.25. The second-order valence-corrected chi connectivity index (χ2v) is 3.40. The zero-order chi connectivity index (χ0) is 8.27. The molecule has 4 heteroatoms. The number of aromatic nitrogens is 2. The third-order valence-electron chi connectivity index (χ3n) is 1.21. The van der Waals surface area contributed by atoms with Crippen LogP contribution >= 0.6 is 15.9 Å². The van der Waals surface area contributed by atoms with Gasteiger partial charge < -0.3 is 4.52 Å². The van der Waals surface area contributed by atoms with E-state index in [0.717, 1.165) is 18.1 Å². The lowest BCUT2D eigenvalue weighted by molar-refractivity contribution is 0.360. The van der Waals surface area contributed by atoms with E-state index in [1.807, 2.05) is 0 Å². The topological polar surface area (TPSA) is 38.9 Å². The molecule has 62 valence electrons. The van der Waals surface area contributed by atoms with Gasteiger partial charge in [0.05, 0.1) is 5.33 Å². The van der Waals surface area contributed by atoms with Gasteiger partial charge in [0.15, 0.2) is 5.82 Å². The van der Waals surface area contributed by atoms with Crippen LogP contribution in [0.2, 0.25) is 0 Å². The van der Waals surface area contributed by atoms with E-state index in [1.165, 1.54) is 0 Å². The Morgan fingerprint density at radius 2 is 2.27 bits per heavy atom. The molecule has 0 N–H and O–H groups in total. The Balaban J connectivity index is 2.58. The molecule has 0 radical (unpaired) electrons. The minimum atomic E-state index is 0.568. The van der Waals surface area contributed by atoms with Crippen LogP contribution in [0.3, 0.4) is 0 Å². The maximum Gasteiger partial charge on any atom is 0.226 e. The second kappa shape index (κ2) is 3.85. The lowest BCUT2D eigenvalue weighted by Crippen LogP contribution is -1.93. The summed E-state index contributed by atoms with van der Waals surface area (Å²) in [5.74, 6) is 2.02. The maximum atomic E-state index is 4.98. The van der Waals surface area contributed by atoms with Crippen LogP contribution in [0.5, 0.6) is 0 Å². The van der Waals surface area contributed by atoms with Crippen LogP contribution in [0.4, 0.5) is 0 Å². The van der Waals surface area contributed by atoms with Gasteiger partial charge in [0, 0.05) is 6.42 Å². The van der Waals surface area contributed by atoms with Gasteiger partial charge in [-0.25, -0.2) is 0 Å². The second-order valence-electron chi connectivity index (χ2n) is 2.84. The van der Waals surface area contributed by atoms with E-state index in [2.05, 4.69) is 39.9 Å². The summed E-state index contributed by atoms with van der Waals surface area (Å²) in [5, 5.41) is 4.42. The molecule has 0 fully saturated rings. The van der Waals surface area contributed by atoms with Crippen LogP contribution in [-0.4, -0.2) is 10.1 Å². The number of rotatable bonds is 3. The molecule has 1 rings (SSSR count). The highest BCUT2D eigenvalue weighted by atomic mass is 79.9. The van der Waals surface area contributed by atoms with Gasteiger partial charge in [-0.15, -0.1) is 0 Å². The van der Waals surface area contributed by atoms with Crippen molar-refractivity contribution in [2.75, 3.05) is 0 Å². The molecule has 0 aliphatic carbocycles. The minimum Gasteiger partial charge on any atom is -0.339 e. The third kappa shape index (κ3) is 2.61. The van der Waals surface area contributed by atoms with Crippen molar-refractivity contribution in [2.24, 2.45) is 5.92 Å². The molecule has 0 saturated heterocycles. The molecule has 11 heavy (non-hydrogen) atoms. The highest BCUT2D eigenvalue weighted by Crippen LogP contribution is 2.06. The van der Waals surface area contributed by atoms with Crippen molar-refractivity contribution in [1.82, 2.24) is 10.1 Å². The first-order valence-corrected chi connectivity index (χ1v) is 4.72. The fraction of sp³-hybridized carbons (Fsp3) is 0.714. The molecular formula is C7H11BrN2O. The predicted octanol–water partition coefficient (Wildman–Crippen LogP) is 2.16. The molecule has 0 atom stereocenters. The SMILES string of the molecule is CC(C)Cc1nc(CBr)no1. The molecule has 3 nitrogen and oxygen atoms in total. The monoisotopic (exact) mass is 218 g/mol. The summed E-state index contributed by atoms with van der Waals surface area (Å²) in [5.41, 5.74) is 0. The molecule has 0 unspecified atom stereocenters. The molecule has 1 heterocycles. The van der Waals surface area contributed by atoms with Crippen molar-refractivity contribution < 1.29 is 4.52 Å².